The zero-order chi connectivity index (χ0) is 31.1. The van der Waals surface area contributed by atoms with Gasteiger partial charge in [-0.05, 0) is 66.2 Å². The summed E-state index contributed by atoms with van der Waals surface area (Å²) in [6.45, 7) is 17.2. The van der Waals surface area contributed by atoms with E-state index in [4.69, 9.17) is 14.2 Å². The van der Waals surface area contributed by atoms with Crippen molar-refractivity contribution in [2.45, 2.75) is 71.9 Å². The zero-order valence-electron chi connectivity index (χ0n) is 25.5. The molecule has 0 aliphatic carbocycles. The Balaban J connectivity index is 2.07. The van der Waals surface area contributed by atoms with E-state index in [0.717, 1.165) is 32.9 Å². The van der Waals surface area contributed by atoms with Crippen molar-refractivity contribution in [1.29, 1.82) is 0 Å². The van der Waals surface area contributed by atoms with E-state index in [1.54, 1.807) is 26.8 Å². The van der Waals surface area contributed by atoms with E-state index in [1.807, 2.05) is 58.6 Å². The molecule has 42 heavy (non-hydrogen) atoms. The molecular formula is C31H37NO7S3. The molecule has 0 saturated heterocycles. The summed E-state index contributed by atoms with van der Waals surface area (Å²) < 4.78 is 15.0. The largest absolute Gasteiger partial charge is 0.462 e. The number of amides is 1. The molecule has 0 atom stereocenters. The highest BCUT2D eigenvalue weighted by Crippen LogP contribution is 2.69. The molecule has 0 radical (unpaired) electrons. The highest BCUT2D eigenvalue weighted by Gasteiger charge is 2.57. The smallest absolute Gasteiger partial charge is 0.346 e. The number of anilines is 1. The molecule has 3 heterocycles. The number of hydrogen-bond acceptors (Lipinski definition) is 10. The van der Waals surface area contributed by atoms with Crippen molar-refractivity contribution in [3.05, 3.63) is 54.5 Å². The third kappa shape index (κ3) is 5.43. The maximum atomic E-state index is 13.9. The quantitative estimate of drug-likeness (QED) is 0.245. The second-order valence-corrected chi connectivity index (χ2v) is 14.7. The van der Waals surface area contributed by atoms with Gasteiger partial charge in [-0.2, -0.15) is 0 Å². The first-order chi connectivity index (χ1) is 19.7. The first-order valence-electron chi connectivity index (χ1n) is 14.0. The summed E-state index contributed by atoms with van der Waals surface area (Å²) in [6, 6.07) is 4.08. The summed E-state index contributed by atoms with van der Waals surface area (Å²) in [5, 5.41) is 0. The molecule has 3 aliphatic heterocycles. The molecule has 1 aromatic rings. The van der Waals surface area contributed by atoms with Crippen molar-refractivity contribution in [3.8, 4) is 0 Å². The predicted molar refractivity (Wildman–Crippen MR) is 170 cm³/mol. The number of esters is 3. The van der Waals surface area contributed by atoms with Crippen LogP contribution in [0.1, 0.15) is 65.2 Å². The number of thioether (sulfide) groups is 3. The van der Waals surface area contributed by atoms with Crippen molar-refractivity contribution in [2.24, 2.45) is 5.92 Å². The molecule has 3 aliphatic rings. The van der Waals surface area contributed by atoms with E-state index in [0.29, 0.717) is 4.91 Å². The second kappa shape index (κ2) is 12.2. The summed E-state index contributed by atoms with van der Waals surface area (Å²) in [5.41, 5.74) is 3.46. The van der Waals surface area contributed by atoms with E-state index in [-0.39, 0.29) is 41.5 Å². The van der Waals surface area contributed by atoms with Gasteiger partial charge in [0.2, 0.25) is 5.91 Å². The summed E-state index contributed by atoms with van der Waals surface area (Å²) in [4.78, 5) is 56.9. The van der Waals surface area contributed by atoms with Gasteiger partial charge in [0, 0.05) is 22.0 Å². The lowest BCUT2D eigenvalue weighted by atomic mass is 9.82. The summed E-state index contributed by atoms with van der Waals surface area (Å²) in [7, 11) is 0. The average molecular weight is 632 g/mol. The van der Waals surface area contributed by atoms with Crippen LogP contribution < -0.4 is 4.90 Å². The minimum atomic E-state index is -1.12. The summed E-state index contributed by atoms with van der Waals surface area (Å²) in [6.07, 6.45) is 1.78. The molecule has 0 fully saturated rings. The summed E-state index contributed by atoms with van der Waals surface area (Å²) >= 11 is 3.61. The van der Waals surface area contributed by atoms with Crippen LogP contribution in [0.2, 0.25) is 0 Å². The van der Waals surface area contributed by atoms with Crippen molar-refractivity contribution < 1.29 is 33.4 Å². The normalized spacial score (nSPS) is 18.5. The highest BCUT2D eigenvalue weighted by molar-refractivity contribution is 8.26. The van der Waals surface area contributed by atoms with Gasteiger partial charge < -0.3 is 19.1 Å². The lowest BCUT2D eigenvalue weighted by Gasteiger charge is -2.50. The third-order valence-electron chi connectivity index (χ3n) is 6.99. The van der Waals surface area contributed by atoms with Crippen LogP contribution in [0.5, 0.6) is 0 Å². The fourth-order valence-electron chi connectivity index (χ4n) is 5.35. The van der Waals surface area contributed by atoms with Crippen LogP contribution in [0.4, 0.5) is 5.69 Å². The topological polar surface area (TPSA) is 99.2 Å². The Bertz CT molecular complexity index is 1420. The van der Waals surface area contributed by atoms with Crippen molar-refractivity contribution in [1.82, 2.24) is 0 Å². The molecular weight excluding hydrogens is 595 g/mol. The van der Waals surface area contributed by atoms with Crippen molar-refractivity contribution >= 4 is 70.4 Å². The van der Waals surface area contributed by atoms with Gasteiger partial charge in [0.15, 0.2) is 0 Å². The maximum Gasteiger partial charge on any atom is 0.346 e. The third-order valence-corrected chi connectivity index (χ3v) is 11.4. The number of ether oxygens (including phenoxy) is 3. The lowest BCUT2D eigenvalue weighted by Crippen LogP contribution is -2.54. The Kier molecular flexibility index (Phi) is 9.35. The number of aryl methyl sites for hydroxylation is 2. The monoisotopic (exact) mass is 631 g/mol. The number of hydrogen-bond donors (Lipinski definition) is 0. The average Bonchev–Trinajstić information content (AvgIpc) is 3.29. The molecule has 11 heteroatoms. The zero-order valence-corrected chi connectivity index (χ0v) is 27.9. The Morgan fingerprint density at radius 2 is 1.38 bits per heavy atom. The molecule has 0 aromatic heterocycles. The number of carbonyl (C=O) groups is 4. The van der Waals surface area contributed by atoms with Crippen LogP contribution in [-0.4, -0.2) is 53.3 Å². The lowest BCUT2D eigenvalue weighted by molar-refractivity contribution is -0.140. The number of rotatable bonds is 7. The van der Waals surface area contributed by atoms with Gasteiger partial charge in [-0.3, -0.25) is 4.79 Å². The van der Waals surface area contributed by atoms with E-state index in [1.165, 1.54) is 35.3 Å². The molecule has 226 valence electrons. The van der Waals surface area contributed by atoms with Crippen LogP contribution >= 0.6 is 35.3 Å². The fourth-order valence-corrected chi connectivity index (χ4v) is 10.1. The first-order valence-corrected chi connectivity index (χ1v) is 16.4. The molecule has 0 unspecified atom stereocenters. The van der Waals surface area contributed by atoms with Crippen LogP contribution in [0.3, 0.4) is 0 Å². The van der Waals surface area contributed by atoms with Gasteiger partial charge in [0.05, 0.1) is 36.0 Å². The highest BCUT2D eigenvalue weighted by atomic mass is 32.2. The molecule has 8 nitrogen and oxygen atoms in total. The maximum absolute atomic E-state index is 13.9. The van der Waals surface area contributed by atoms with Gasteiger partial charge in [-0.15, -0.1) is 0 Å². The van der Waals surface area contributed by atoms with Gasteiger partial charge in [-0.1, -0.05) is 60.8 Å². The Morgan fingerprint density at radius 3 is 1.88 bits per heavy atom. The van der Waals surface area contributed by atoms with Crippen LogP contribution in [-0.2, 0) is 33.4 Å². The van der Waals surface area contributed by atoms with E-state index in [2.05, 4.69) is 0 Å². The van der Waals surface area contributed by atoms with Crippen molar-refractivity contribution in [3.63, 3.8) is 0 Å². The number of nitrogens with zero attached hydrogens (tertiary/aromatic N) is 1. The Morgan fingerprint density at radius 1 is 0.857 bits per heavy atom. The van der Waals surface area contributed by atoms with Crippen molar-refractivity contribution in [2.75, 3.05) is 24.7 Å². The molecule has 1 amide bonds. The first kappa shape index (κ1) is 32.3. The molecule has 0 saturated carbocycles. The predicted octanol–water partition coefficient (Wildman–Crippen LogP) is 6.50. The van der Waals surface area contributed by atoms with Crippen LogP contribution in [0, 0.1) is 19.8 Å². The minimum absolute atomic E-state index is 0.0501. The molecule has 0 bridgehead atoms. The Hall–Kier alpha value is -2.63. The number of fused-ring (bicyclic) bond motifs is 3. The second-order valence-electron chi connectivity index (χ2n) is 10.9. The fraction of sp³-hybridized carbons (Fsp3) is 0.484. The van der Waals surface area contributed by atoms with Gasteiger partial charge in [0.25, 0.3) is 0 Å². The number of benzene rings is 1. The molecule has 1 aromatic carbocycles. The molecule has 1 spiro atoms. The minimum Gasteiger partial charge on any atom is -0.462 e. The van der Waals surface area contributed by atoms with Gasteiger partial charge in [0.1, 0.15) is 13.9 Å². The number of carbonyl (C=O) groups excluding carboxylic acids is 4. The molecule has 4 rings (SSSR count). The van der Waals surface area contributed by atoms with E-state index >= 15 is 0 Å². The summed E-state index contributed by atoms with van der Waals surface area (Å²) in [5.74, 6) is -2.11. The van der Waals surface area contributed by atoms with E-state index < -0.39 is 27.5 Å². The molecule has 0 N–H and O–H groups in total. The van der Waals surface area contributed by atoms with Crippen LogP contribution in [0.25, 0.3) is 5.57 Å². The van der Waals surface area contributed by atoms with Gasteiger partial charge in [-0.25, -0.2) is 14.4 Å². The van der Waals surface area contributed by atoms with Crippen LogP contribution in [0.15, 0.2) is 37.8 Å². The standard InChI is InChI=1S/C31H37NO7S3/c1-10-37-27(34)20-15-31(41-23(28(35)38-11-2)24(42-31)29(36)39-12-3)21-19-14-17(6)13-18(7)22(19)32(26(33)16(4)5)30(8,9)25(21)40-20/h13-16H,10-12H2,1-9H3. The van der Waals surface area contributed by atoms with Gasteiger partial charge >= 0.3 is 17.9 Å². The Labute approximate surface area is 260 Å². The SMILES string of the molecule is CCOC(=O)C1=CC2(SC(C(=O)OCC)=C(C(=O)OCC)S2)C2=C(S1)C(C)(C)N(C(=O)C(C)C)c1c(C)cc(C)cc12. The van der Waals surface area contributed by atoms with E-state index in [9.17, 15) is 19.2 Å².